The fourth-order valence-electron chi connectivity index (χ4n) is 2.97. The van der Waals surface area contributed by atoms with Gasteiger partial charge >= 0.3 is 12.1 Å². The van der Waals surface area contributed by atoms with Crippen molar-refractivity contribution in [3.05, 3.63) is 35.5 Å². The average Bonchev–Trinajstić information content (AvgIpc) is 2.53. The zero-order valence-electron chi connectivity index (χ0n) is 14.0. The molecular weight excluding hydrogens is 335 g/mol. The average molecular weight is 355 g/mol. The number of pyridine rings is 1. The lowest BCUT2D eigenvalue weighted by Gasteiger charge is -2.27. The van der Waals surface area contributed by atoms with Crippen LogP contribution in [0.2, 0.25) is 0 Å². The number of nitrogens with two attached hydrogens (primary N) is 1. The van der Waals surface area contributed by atoms with Crippen molar-refractivity contribution in [3.8, 4) is 0 Å². The Hall–Kier alpha value is -2.35. The van der Waals surface area contributed by atoms with Crippen molar-refractivity contribution in [2.45, 2.75) is 32.5 Å². The Kier molecular flexibility index (Phi) is 5.52. The molecule has 25 heavy (non-hydrogen) atoms. The summed E-state index contributed by atoms with van der Waals surface area (Å²) in [6.07, 6.45) is -3.45. The summed E-state index contributed by atoms with van der Waals surface area (Å²) in [5.41, 5.74) is 4.74. The summed E-state index contributed by atoms with van der Waals surface area (Å²) in [7, 11) is 0. The van der Waals surface area contributed by atoms with Gasteiger partial charge in [-0.15, -0.1) is 0 Å². The number of carbonyl (C=O) groups is 1. The summed E-state index contributed by atoms with van der Waals surface area (Å²) >= 11 is 0. The molecule has 0 aliphatic heterocycles. The van der Waals surface area contributed by atoms with Crippen LogP contribution in [0.4, 0.5) is 19.0 Å². The topological polar surface area (TPSA) is 79.5 Å². The van der Waals surface area contributed by atoms with Crippen LogP contribution >= 0.6 is 0 Å². The first-order valence-electron chi connectivity index (χ1n) is 7.90. The summed E-state index contributed by atoms with van der Waals surface area (Å²) in [6, 6.07) is 2.83. The number of benzene rings is 1. The molecule has 1 heterocycles. The van der Waals surface area contributed by atoms with Crippen LogP contribution in [0.1, 0.15) is 25.0 Å². The Labute approximate surface area is 143 Å². The van der Waals surface area contributed by atoms with Gasteiger partial charge in [0, 0.05) is 11.6 Å². The van der Waals surface area contributed by atoms with E-state index in [1.54, 1.807) is 24.8 Å². The van der Waals surface area contributed by atoms with Gasteiger partial charge in [-0.3, -0.25) is 9.69 Å². The Morgan fingerprint density at radius 2 is 1.96 bits per heavy atom. The number of aromatic nitrogens is 1. The number of nitrogens with zero attached hydrogens (tertiary/aromatic N) is 2. The molecule has 1 aromatic carbocycles. The van der Waals surface area contributed by atoms with Crippen molar-refractivity contribution in [2.24, 2.45) is 0 Å². The number of likely N-dealkylation sites (N-methyl/N-ethyl adjacent to an activating group) is 1. The van der Waals surface area contributed by atoms with Gasteiger partial charge in [-0.2, -0.15) is 13.2 Å². The second-order valence-electron chi connectivity index (χ2n) is 5.70. The number of hydrogen-bond acceptors (Lipinski definition) is 4. The molecule has 2 rings (SSSR count). The normalized spacial score (nSPS) is 13.4. The van der Waals surface area contributed by atoms with Gasteiger partial charge in [-0.05, 0) is 42.6 Å². The lowest BCUT2D eigenvalue weighted by molar-refractivity contribution is -0.144. The molecule has 5 nitrogen and oxygen atoms in total. The van der Waals surface area contributed by atoms with Crippen LogP contribution in [0.5, 0.6) is 0 Å². The Balaban J connectivity index is 2.60. The number of hydrogen-bond donors (Lipinski definition) is 2. The third kappa shape index (κ3) is 4.01. The van der Waals surface area contributed by atoms with E-state index < -0.39 is 23.8 Å². The second-order valence-corrected chi connectivity index (χ2v) is 5.70. The van der Waals surface area contributed by atoms with E-state index in [-0.39, 0.29) is 23.2 Å². The number of rotatable bonds is 6. The fraction of sp³-hybridized carbons (Fsp3) is 0.412. The van der Waals surface area contributed by atoms with Crippen LogP contribution in [0.25, 0.3) is 10.8 Å². The first-order chi connectivity index (χ1) is 11.7. The maximum Gasteiger partial charge on any atom is 0.416 e. The Bertz CT molecular complexity index is 774. The van der Waals surface area contributed by atoms with Crippen LogP contribution in [0.3, 0.4) is 0 Å². The molecule has 1 unspecified atom stereocenters. The number of fused-ring (bicyclic) bond motifs is 1. The smallest absolute Gasteiger partial charge is 0.416 e. The zero-order valence-corrected chi connectivity index (χ0v) is 14.0. The molecule has 0 bridgehead atoms. The van der Waals surface area contributed by atoms with Gasteiger partial charge in [0.2, 0.25) is 0 Å². The van der Waals surface area contributed by atoms with Gasteiger partial charge < -0.3 is 10.8 Å². The number of aliphatic carboxylic acids is 1. The third-order valence-electron chi connectivity index (χ3n) is 4.28. The quantitative estimate of drug-likeness (QED) is 0.832. The van der Waals surface area contributed by atoms with E-state index in [2.05, 4.69) is 4.98 Å². The Morgan fingerprint density at radius 3 is 2.48 bits per heavy atom. The molecular formula is C17H20F3N3O2. The largest absolute Gasteiger partial charge is 0.480 e. The number of anilines is 1. The van der Waals surface area contributed by atoms with Gasteiger partial charge in [0.1, 0.15) is 11.9 Å². The van der Waals surface area contributed by atoms with E-state index in [0.29, 0.717) is 18.5 Å². The van der Waals surface area contributed by atoms with E-state index in [1.807, 2.05) is 0 Å². The molecule has 136 valence electrons. The number of alkyl halides is 3. The van der Waals surface area contributed by atoms with Crippen molar-refractivity contribution >= 4 is 22.6 Å². The molecule has 0 amide bonds. The highest BCUT2D eigenvalue weighted by Gasteiger charge is 2.36. The van der Waals surface area contributed by atoms with Gasteiger partial charge in [0.15, 0.2) is 0 Å². The van der Waals surface area contributed by atoms with Gasteiger partial charge in [0.25, 0.3) is 0 Å². The van der Waals surface area contributed by atoms with Gasteiger partial charge in [0.05, 0.1) is 5.56 Å². The molecule has 0 fully saturated rings. The number of halogens is 3. The third-order valence-corrected chi connectivity index (χ3v) is 4.28. The van der Waals surface area contributed by atoms with E-state index in [0.717, 1.165) is 6.07 Å². The molecule has 8 heteroatoms. The summed E-state index contributed by atoms with van der Waals surface area (Å²) < 4.78 is 40.5. The Morgan fingerprint density at radius 1 is 1.32 bits per heavy atom. The lowest BCUT2D eigenvalue weighted by Crippen LogP contribution is -2.42. The number of carboxylic acid groups (broad SMARTS) is 1. The molecule has 0 aliphatic rings. The van der Waals surface area contributed by atoms with Crippen LogP contribution in [-0.4, -0.2) is 40.1 Å². The molecule has 2 aromatic rings. The molecule has 0 saturated carbocycles. The molecule has 3 N–H and O–H groups in total. The van der Waals surface area contributed by atoms with Gasteiger partial charge in [-0.25, -0.2) is 4.98 Å². The molecule has 1 aromatic heterocycles. The monoisotopic (exact) mass is 355 g/mol. The predicted molar refractivity (Wildman–Crippen MR) is 89.2 cm³/mol. The molecule has 0 spiro atoms. The first kappa shape index (κ1) is 19.0. The van der Waals surface area contributed by atoms with Crippen molar-refractivity contribution in [1.29, 1.82) is 0 Å². The molecule has 0 radical (unpaired) electrons. The highest BCUT2D eigenvalue weighted by molar-refractivity contribution is 5.92. The molecule has 0 saturated heterocycles. The van der Waals surface area contributed by atoms with Gasteiger partial charge in [-0.1, -0.05) is 19.9 Å². The second kappa shape index (κ2) is 7.26. The summed E-state index contributed by atoms with van der Waals surface area (Å²) in [4.78, 5) is 17.0. The maximum atomic E-state index is 13.5. The standard InChI is InChI=1S/C17H20F3N3O2/c1-3-23(4-2)14(16(24)25)8-11-7-10-5-6-22-15(21)12(10)9-13(11)17(18,19)20/h5-7,9,14H,3-4,8H2,1-2H3,(H2,21,22)(H,24,25). The zero-order chi connectivity index (χ0) is 18.8. The predicted octanol–water partition coefficient (Wildman–Crippen LogP) is 3.17. The van der Waals surface area contributed by atoms with E-state index >= 15 is 0 Å². The van der Waals surface area contributed by atoms with Crippen LogP contribution in [0, 0.1) is 0 Å². The molecule has 1 atom stereocenters. The van der Waals surface area contributed by atoms with Crippen molar-refractivity contribution < 1.29 is 23.1 Å². The van der Waals surface area contributed by atoms with Crippen LogP contribution in [0.15, 0.2) is 24.4 Å². The SMILES string of the molecule is CCN(CC)C(Cc1cc2ccnc(N)c2cc1C(F)(F)F)C(=O)O. The number of carboxylic acids is 1. The first-order valence-corrected chi connectivity index (χ1v) is 7.90. The van der Waals surface area contributed by atoms with Crippen molar-refractivity contribution in [1.82, 2.24) is 9.88 Å². The van der Waals surface area contributed by atoms with Crippen LogP contribution < -0.4 is 5.73 Å². The van der Waals surface area contributed by atoms with E-state index in [1.165, 1.54) is 12.3 Å². The van der Waals surface area contributed by atoms with Crippen molar-refractivity contribution in [2.75, 3.05) is 18.8 Å². The summed E-state index contributed by atoms with van der Waals surface area (Å²) in [5, 5.41) is 10.2. The summed E-state index contributed by atoms with van der Waals surface area (Å²) in [5.74, 6) is -1.14. The van der Waals surface area contributed by atoms with Crippen LogP contribution in [-0.2, 0) is 17.4 Å². The number of nitrogen functional groups attached to an aromatic ring is 1. The maximum absolute atomic E-state index is 13.5. The van der Waals surface area contributed by atoms with E-state index in [4.69, 9.17) is 5.73 Å². The molecule has 0 aliphatic carbocycles. The minimum Gasteiger partial charge on any atom is -0.480 e. The summed E-state index contributed by atoms with van der Waals surface area (Å²) in [6.45, 7) is 4.41. The minimum atomic E-state index is -4.61. The lowest BCUT2D eigenvalue weighted by atomic mass is 9.95. The highest BCUT2D eigenvalue weighted by atomic mass is 19.4. The highest BCUT2D eigenvalue weighted by Crippen LogP contribution is 2.36. The van der Waals surface area contributed by atoms with E-state index in [9.17, 15) is 23.1 Å². The minimum absolute atomic E-state index is 0.00748. The van der Waals surface area contributed by atoms with Crippen molar-refractivity contribution in [3.63, 3.8) is 0 Å². The fourth-order valence-corrected chi connectivity index (χ4v) is 2.97.